The maximum atomic E-state index is 11.9. The Morgan fingerprint density at radius 3 is 2.63 bits per heavy atom. The second-order valence-electron chi connectivity index (χ2n) is 5.13. The van der Waals surface area contributed by atoms with E-state index >= 15 is 0 Å². The Hall–Kier alpha value is -2.04. The van der Waals surface area contributed by atoms with Crippen LogP contribution in [-0.2, 0) is 9.53 Å². The van der Waals surface area contributed by atoms with Crippen molar-refractivity contribution in [3.05, 3.63) is 23.8 Å². The molecular formula is C14H17NO4. The number of hydrogen-bond donors (Lipinski definition) is 0. The zero-order valence-corrected chi connectivity index (χ0v) is 11.5. The van der Waals surface area contributed by atoms with E-state index < -0.39 is 11.5 Å². The molecule has 0 unspecified atom stereocenters. The van der Waals surface area contributed by atoms with Gasteiger partial charge in [-0.3, -0.25) is 4.79 Å². The Bertz CT molecular complexity index is 536. The largest absolute Gasteiger partial charge is 0.489 e. The lowest BCUT2D eigenvalue weighted by Gasteiger charge is -2.42. The fourth-order valence-corrected chi connectivity index (χ4v) is 2.30. The van der Waals surface area contributed by atoms with Gasteiger partial charge in [-0.25, -0.2) is 4.79 Å². The molecule has 1 amide bonds. The lowest BCUT2D eigenvalue weighted by Crippen LogP contribution is -2.53. The standard InChI is InChI=1S/C14H17NO4/c1-9(16)15-11-7-10(13(17)18-4)5-6-12(11)19-8-14(15,2)3/h5-7H,8H2,1-4H3. The molecule has 5 nitrogen and oxygen atoms in total. The summed E-state index contributed by atoms with van der Waals surface area (Å²) >= 11 is 0. The van der Waals surface area contributed by atoms with Crippen molar-refractivity contribution in [2.75, 3.05) is 18.6 Å². The average molecular weight is 263 g/mol. The summed E-state index contributed by atoms with van der Waals surface area (Å²) < 4.78 is 10.3. The number of carbonyl (C=O) groups excluding carboxylic acids is 2. The first-order valence-corrected chi connectivity index (χ1v) is 6.03. The Morgan fingerprint density at radius 1 is 1.37 bits per heavy atom. The number of carbonyl (C=O) groups is 2. The van der Waals surface area contributed by atoms with Crippen LogP contribution < -0.4 is 9.64 Å². The first kappa shape index (κ1) is 13.4. The number of ether oxygens (including phenoxy) is 2. The van der Waals surface area contributed by atoms with Gasteiger partial charge in [-0.2, -0.15) is 0 Å². The van der Waals surface area contributed by atoms with Crippen molar-refractivity contribution in [3.63, 3.8) is 0 Å². The maximum Gasteiger partial charge on any atom is 0.337 e. The van der Waals surface area contributed by atoms with E-state index in [0.29, 0.717) is 23.6 Å². The number of amides is 1. The Kier molecular flexibility index (Phi) is 3.22. The van der Waals surface area contributed by atoms with E-state index in [-0.39, 0.29) is 5.91 Å². The van der Waals surface area contributed by atoms with Crippen molar-refractivity contribution in [1.82, 2.24) is 0 Å². The van der Waals surface area contributed by atoms with Crippen LogP contribution in [0.3, 0.4) is 0 Å². The number of fused-ring (bicyclic) bond motifs is 1. The van der Waals surface area contributed by atoms with Crippen LogP contribution in [0, 0.1) is 0 Å². The number of rotatable bonds is 1. The summed E-state index contributed by atoms with van der Waals surface area (Å²) in [6.07, 6.45) is 0. The first-order valence-electron chi connectivity index (χ1n) is 6.03. The number of anilines is 1. The highest BCUT2D eigenvalue weighted by Gasteiger charge is 2.37. The van der Waals surface area contributed by atoms with Gasteiger partial charge in [0.1, 0.15) is 12.4 Å². The van der Waals surface area contributed by atoms with E-state index in [1.54, 1.807) is 23.1 Å². The smallest absolute Gasteiger partial charge is 0.337 e. The minimum absolute atomic E-state index is 0.0865. The molecule has 0 fully saturated rings. The van der Waals surface area contributed by atoms with Crippen LogP contribution in [0.25, 0.3) is 0 Å². The third-order valence-corrected chi connectivity index (χ3v) is 3.12. The molecule has 0 saturated carbocycles. The number of nitrogens with zero attached hydrogens (tertiary/aromatic N) is 1. The lowest BCUT2D eigenvalue weighted by molar-refractivity contribution is -0.118. The number of methoxy groups -OCH3 is 1. The molecule has 0 atom stereocenters. The van der Waals surface area contributed by atoms with E-state index in [4.69, 9.17) is 9.47 Å². The first-order chi connectivity index (χ1) is 8.86. The van der Waals surface area contributed by atoms with Crippen molar-refractivity contribution in [2.24, 2.45) is 0 Å². The van der Waals surface area contributed by atoms with Gasteiger partial charge in [0.2, 0.25) is 5.91 Å². The summed E-state index contributed by atoms with van der Waals surface area (Å²) in [5, 5.41) is 0. The Morgan fingerprint density at radius 2 is 2.05 bits per heavy atom. The quantitative estimate of drug-likeness (QED) is 0.727. The lowest BCUT2D eigenvalue weighted by atomic mass is 9.99. The minimum atomic E-state index is -0.451. The minimum Gasteiger partial charge on any atom is -0.489 e. The van der Waals surface area contributed by atoms with E-state index in [1.165, 1.54) is 14.0 Å². The molecule has 0 N–H and O–H groups in total. The van der Waals surface area contributed by atoms with Crippen LogP contribution in [0.15, 0.2) is 18.2 Å². The molecule has 1 aliphatic rings. The van der Waals surface area contributed by atoms with E-state index in [2.05, 4.69) is 0 Å². The van der Waals surface area contributed by atoms with E-state index in [1.807, 2.05) is 13.8 Å². The van der Waals surface area contributed by atoms with Gasteiger partial charge in [-0.1, -0.05) is 0 Å². The van der Waals surface area contributed by atoms with Crippen LogP contribution in [0.5, 0.6) is 5.75 Å². The molecule has 1 aromatic carbocycles. The van der Waals surface area contributed by atoms with Crippen LogP contribution in [0.1, 0.15) is 31.1 Å². The van der Waals surface area contributed by atoms with Gasteiger partial charge in [0.05, 0.1) is 23.9 Å². The van der Waals surface area contributed by atoms with Gasteiger partial charge in [0, 0.05) is 6.92 Å². The highest BCUT2D eigenvalue weighted by atomic mass is 16.5. The maximum absolute atomic E-state index is 11.9. The summed E-state index contributed by atoms with van der Waals surface area (Å²) in [6, 6.07) is 4.94. The van der Waals surface area contributed by atoms with Gasteiger partial charge in [0.25, 0.3) is 0 Å². The predicted octanol–water partition coefficient (Wildman–Crippen LogP) is 2.00. The van der Waals surface area contributed by atoms with Gasteiger partial charge in [-0.05, 0) is 32.0 Å². The summed E-state index contributed by atoms with van der Waals surface area (Å²) in [7, 11) is 1.32. The molecule has 1 heterocycles. The summed E-state index contributed by atoms with van der Waals surface area (Å²) in [6.45, 7) is 5.75. The van der Waals surface area contributed by atoms with Crippen LogP contribution >= 0.6 is 0 Å². The van der Waals surface area contributed by atoms with Gasteiger partial charge in [0.15, 0.2) is 0 Å². The fraction of sp³-hybridized carbons (Fsp3) is 0.429. The molecule has 19 heavy (non-hydrogen) atoms. The van der Waals surface area contributed by atoms with Crippen molar-refractivity contribution in [1.29, 1.82) is 0 Å². The molecule has 1 aromatic rings. The van der Waals surface area contributed by atoms with Crippen molar-refractivity contribution in [3.8, 4) is 5.75 Å². The zero-order valence-electron chi connectivity index (χ0n) is 11.5. The molecular weight excluding hydrogens is 246 g/mol. The topological polar surface area (TPSA) is 55.8 Å². The monoisotopic (exact) mass is 263 g/mol. The fourth-order valence-electron chi connectivity index (χ4n) is 2.30. The molecule has 2 rings (SSSR count). The Balaban J connectivity index is 2.54. The highest BCUT2D eigenvalue weighted by molar-refractivity contribution is 5.98. The van der Waals surface area contributed by atoms with Crippen LogP contribution in [0.2, 0.25) is 0 Å². The predicted molar refractivity (Wildman–Crippen MR) is 70.5 cm³/mol. The van der Waals surface area contributed by atoms with Crippen molar-refractivity contribution >= 4 is 17.6 Å². The second kappa shape index (κ2) is 4.57. The van der Waals surface area contributed by atoms with E-state index in [0.717, 1.165) is 0 Å². The number of hydrogen-bond acceptors (Lipinski definition) is 4. The van der Waals surface area contributed by atoms with Crippen molar-refractivity contribution < 1.29 is 19.1 Å². The van der Waals surface area contributed by atoms with E-state index in [9.17, 15) is 9.59 Å². The zero-order chi connectivity index (χ0) is 14.2. The van der Waals surface area contributed by atoms with Crippen LogP contribution in [0.4, 0.5) is 5.69 Å². The molecule has 0 radical (unpaired) electrons. The highest BCUT2D eigenvalue weighted by Crippen LogP contribution is 2.38. The second-order valence-corrected chi connectivity index (χ2v) is 5.13. The third kappa shape index (κ3) is 2.28. The molecule has 0 bridgehead atoms. The average Bonchev–Trinajstić information content (AvgIpc) is 2.35. The Labute approximate surface area is 112 Å². The van der Waals surface area contributed by atoms with Gasteiger partial charge in [-0.15, -0.1) is 0 Å². The third-order valence-electron chi connectivity index (χ3n) is 3.12. The molecule has 1 aliphatic heterocycles. The van der Waals surface area contributed by atoms with Crippen LogP contribution in [-0.4, -0.2) is 31.1 Å². The molecule has 5 heteroatoms. The number of esters is 1. The van der Waals surface area contributed by atoms with Crippen molar-refractivity contribution in [2.45, 2.75) is 26.3 Å². The molecule has 0 aromatic heterocycles. The summed E-state index contributed by atoms with van der Waals surface area (Å²) in [5.74, 6) is 0.0772. The molecule has 0 spiro atoms. The summed E-state index contributed by atoms with van der Waals surface area (Å²) in [5.41, 5.74) is 0.550. The van der Waals surface area contributed by atoms with Gasteiger partial charge >= 0.3 is 5.97 Å². The molecule has 0 aliphatic carbocycles. The van der Waals surface area contributed by atoms with Gasteiger partial charge < -0.3 is 14.4 Å². The molecule has 102 valence electrons. The molecule has 0 saturated heterocycles. The SMILES string of the molecule is COC(=O)c1ccc2c(c1)N(C(C)=O)C(C)(C)CO2. The summed E-state index contributed by atoms with van der Waals surface area (Å²) in [4.78, 5) is 25.1. The number of benzene rings is 1. The normalized spacial score (nSPS) is 16.3.